The first-order valence-corrected chi connectivity index (χ1v) is 7.96. The molecule has 0 aromatic carbocycles. The van der Waals surface area contributed by atoms with Gasteiger partial charge in [-0.25, -0.2) is 4.79 Å². The molecule has 2 saturated carbocycles. The molecule has 1 N–H and O–H groups in total. The van der Waals surface area contributed by atoms with Crippen molar-refractivity contribution in [2.45, 2.75) is 82.3 Å². The summed E-state index contributed by atoms with van der Waals surface area (Å²) in [7, 11) is 0. The predicted octanol–water partition coefficient (Wildman–Crippen LogP) is 3.44. The van der Waals surface area contributed by atoms with E-state index >= 15 is 0 Å². The lowest BCUT2D eigenvalue weighted by Gasteiger charge is -2.40. The molecule has 0 unspecified atom stereocenters. The van der Waals surface area contributed by atoms with E-state index in [4.69, 9.17) is 4.74 Å². The summed E-state index contributed by atoms with van der Waals surface area (Å²) in [5, 5.41) is 3.62. The molecule has 0 atom stereocenters. The van der Waals surface area contributed by atoms with Crippen molar-refractivity contribution in [1.82, 2.24) is 5.32 Å². The van der Waals surface area contributed by atoms with E-state index in [2.05, 4.69) is 5.32 Å². The van der Waals surface area contributed by atoms with Crippen LogP contribution in [0.5, 0.6) is 0 Å². The number of rotatable bonds is 2. The largest absolute Gasteiger partial charge is 0.455 e. The van der Waals surface area contributed by atoms with Gasteiger partial charge in [-0.05, 0) is 38.5 Å². The second-order valence-corrected chi connectivity index (χ2v) is 6.49. The van der Waals surface area contributed by atoms with E-state index in [0.717, 1.165) is 25.0 Å². The molecular formula is C16H25NO2. The maximum absolute atomic E-state index is 11.8. The molecule has 106 valence electrons. The van der Waals surface area contributed by atoms with Crippen molar-refractivity contribution in [2.24, 2.45) is 0 Å². The summed E-state index contributed by atoms with van der Waals surface area (Å²) >= 11 is 0. The summed E-state index contributed by atoms with van der Waals surface area (Å²) < 4.78 is 5.68. The third-order valence-corrected chi connectivity index (χ3v) is 4.88. The van der Waals surface area contributed by atoms with Gasteiger partial charge in [0.15, 0.2) is 0 Å². The first kappa shape index (κ1) is 13.0. The molecule has 3 heteroatoms. The monoisotopic (exact) mass is 263 g/mol. The molecule has 1 spiro atoms. The summed E-state index contributed by atoms with van der Waals surface area (Å²) in [6.07, 6.45) is 14.9. The Bertz CT molecular complexity index is 363. The summed E-state index contributed by atoms with van der Waals surface area (Å²) in [5.41, 5.74) is 0.950. The van der Waals surface area contributed by atoms with Crippen LogP contribution in [0.2, 0.25) is 0 Å². The van der Waals surface area contributed by atoms with Crippen molar-refractivity contribution >= 4 is 5.97 Å². The zero-order valence-corrected chi connectivity index (χ0v) is 11.7. The quantitative estimate of drug-likeness (QED) is 0.776. The third kappa shape index (κ3) is 3.13. The van der Waals surface area contributed by atoms with Gasteiger partial charge in [-0.15, -0.1) is 0 Å². The predicted molar refractivity (Wildman–Crippen MR) is 74.6 cm³/mol. The molecule has 3 rings (SSSR count). The van der Waals surface area contributed by atoms with E-state index in [1.807, 2.05) is 0 Å². The van der Waals surface area contributed by atoms with Crippen LogP contribution in [0.25, 0.3) is 0 Å². The summed E-state index contributed by atoms with van der Waals surface area (Å²) in [4.78, 5) is 11.8. The van der Waals surface area contributed by atoms with Crippen LogP contribution in [0.3, 0.4) is 0 Å². The highest BCUT2D eigenvalue weighted by molar-refractivity contribution is 5.84. The number of nitrogens with one attached hydrogen (secondary N) is 1. The summed E-state index contributed by atoms with van der Waals surface area (Å²) in [6.45, 7) is 0. The number of carbonyl (C=O) groups is 1. The van der Waals surface area contributed by atoms with Crippen molar-refractivity contribution < 1.29 is 9.53 Å². The van der Waals surface area contributed by atoms with Crippen molar-refractivity contribution in [3.63, 3.8) is 0 Å². The molecule has 0 amide bonds. The van der Waals surface area contributed by atoms with Crippen molar-refractivity contribution in [2.75, 3.05) is 0 Å². The molecule has 0 aromatic heterocycles. The number of esters is 1. The van der Waals surface area contributed by atoms with E-state index in [1.165, 1.54) is 51.4 Å². The molecule has 0 saturated heterocycles. The Morgan fingerprint density at radius 1 is 1.05 bits per heavy atom. The normalized spacial score (nSPS) is 27.8. The van der Waals surface area contributed by atoms with Gasteiger partial charge in [0, 0.05) is 24.2 Å². The second kappa shape index (κ2) is 5.56. The lowest BCUT2D eigenvalue weighted by molar-refractivity contribution is -0.159. The van der Waals surface area contributed by atoms with E-state index in [1.54, 1.807) is 6.08 Å². The Hall–Kier alpha value is -0.990. The van der Waals surface area contributed by atoms with Crippen molar-refractivity contribution in [3.05, 3.63) is 11.8 Å². The van der Waals surface area contributed by atoms with Gasteiger partial charge in [-0.1, -0.05) is 25.7 Å². The summed E-state index contributed by atoms with van der Waals surface area (Å²) in [5.74, 6) is -0.133. The second-order valence-electron chi connectivity index (χ2n) is 6.49. The molecule has 3 aliphatic rings. The number of carbonyl (C=O) groups excluding carboxylic acids is 1. The molecule has 1 heterocycles. The minimum atomic E-state index is -0.179. The molecule has 2 aliphatic carbocycles. The van der Waals surface area contributed by atoms with Gasteiger partial charge in [-0.2, -0.15) is 0 Å². The Kier molecular flexibility index (Phi) is 3.81. The highest BCUT2D eigenvalue weighted by Gasteiger charge is 2.39. The molecule has 1 aliphatic heterocycles. The summed E-state index contributed by atoms with van der Waals surface area (Å²) in [6, 6.07) is 0.576. The fraction of sp³-hybridized carbons (Fsp3) is 0.812. The van der Waals surface area contributed by atoms with Gasteiger partial charge in [0.25, 0.3) is 0 Å². The average Bonchev–Trinajstić information content (AvgIpc) is 2.39. The number of hydrogen-bond acceptors (Lipinski definition) is 3. The molecule has 2 fully saturated rings. The molecule has 3 nitrogen and oxygen atoms in total. The van der Waals surface area contributed by atoms with Crippen LogP contribution in [0.4, 0.5) is 0 Å². The van der Waals surface area contributed by atoms with Crippen LogP contribution < -0.4 is 5.32 Å². The highest BCUT2D eigenvalue weighted by Crippen LogP contribution is 2.39. The Morgan fingerprint density at radius 3 is 2.47 bits per heavy atom. The maximum atomic E-state index is 11.8. The van der Waals surface area contributed by atoms with Gasteiger partial charge < -0.3 is 10.1 Å². The number of hydrogen-bond donors (Lipinski definition) is 1. The minimum Gasteiger partial charge on any atom is -0.455 e. The first-order chi connectivity index (χ1) is 9.26. The van der Waals surface area contributed by atoms with Gasteiger partial charge in [0.05, 0.1) is 0 Å². The SMILES string of the molecule is O=C1C=C(NC2CCCCC2)CC2(CCCCC2)O1. The van der Waals surface area contributed by atoms with E-state index in [0.29, 0.717) is 6.04 Å². The first-order valence-electron chi connectivity index (χ1n) is 7.96. The molecular weight excluding hydrogens is 238 g/mol. The van der Waals surface area contributed by atoms with E-state index in [9.17, 15) is 4.79 Å². The van der Waals surface area contributed by atoms with E-state index < -0.39 is 0 Å². The van der Waals surface area contributed by atoms with Crippen LogP contribution >= 0.6 is 0 Å². The minimum absolute atomic E-state index is 0.133. The van der Waals surface area contributed by atoms with Crippen LogP contribution in [0.15, 0.2) is 11.8 Å². The third-order valence-electron chi connectivity index (χ3n) is 4.88. The Balaban J connectivity index is 1.65. The van der Waals surface area contributed by atoms with Gasteiger partial charge in [0.2, 0.25) is 0 Å². The van der Waals surface area contributed by atoms with Crippen LogP contribution in [-0.4, -0.2) is 17.6 Å². The molecule has 0 aromatic rings. The van der Waals surface area contributed by atoms with Gasteiger partial charge in [-0.3, -0.25) is 0 Å². The highest BCUT2D eigenvalue weighted by atomic mass is 16.6. The fourth-order valence-electron chi connectivity index (χ4n) is 3.90. The lowest BCUT2D eigenvalue weighted by atomic mass is 9.80. The van der Waals surface area contributed by atoms with Crippen LogP contribution in [0, 0.1) is 0 Å². The Labute approximate surface area is 115 Å². The Morgan fingerprint density at radius 2 is 1.74 bits per heavy atom. The fourth-order valence-corrected chi connectivity index (χ4v) is 3.90. The smallest absolute Gasteiger partial charge is 0.333 e. The molecule has 19 heavy (non-hydrogen) atoms. The van der Waals surface area contributed by atoms with Gasteiger partial charge >= 0.3 is 5.97 Å². The van der Waals surface area contributed by atoms with Crippen LogP contribution in [0.1, 0.15) is 70.6 Å². The number of ether oxygens (including phenoxy) is 1. The maximum Gasteiger partial charge on any atom is 0.333 e. The lowest BCUT2D eigenvalue weighted by Crippen LogP contribution is -2.44. The standard InChI is InChI=1S/C16H25NO2/c18-15-11-14(17-13-7-3-1-4-8-13)12-16(19-15)9-5-2-6-10-16/h11,13,17H,1-10,12H2. The molecule has 0 radical (unpaired) electrons. The van der Waals surface area contributed by atoms with Crippen LogP contribution in [-0.2, 0) is 9.53 Å². The van der Waals surface area contributed by atoms with Crippen molar-refractivity contribution in [1.29, 1.82) is 0 Å². The zero-order valence-electron chi connectivity index (χ0n) is 11.7. The topological polar surface area (TPSA) is 38.3 Å². The zero-order chi connectivity index (χ0) is 13.1. The van der Waals surface area contributed by atoms with E-state index in [-0.39, 0.29) is 11.6 Å². The van der Waals surface area contributed by atoms with Crippen molar-refractivity contribution in [3.8, 4) is 0 Å². The molecule has 0 bridgehead atoms. The average molecular weight is 263 g/mol. The van der Waals surface area contributed by atoms with Gasteiger partial charge in [0.1, 0.15) is 5.60 Å².